The Morgan fingerprint density at radius 1 is 1.00 bits per heavy atom. The molecule has 0 heterocycles. The molecule has 0 amide bonds. The fourth-order valence-electron chi connectivity index (χ4n) is 2.29. The number of hydrogen-bond acceptors (Lipinski definition) is 1. The smallest absolute Gasteiger partial charge is 0.0495 e. The Morgan fingerprint density at radius 3 is 2.47 bits per heavy atom. The van der Waals surface area contributed by atoms with Crippen LogP contribution in [0.25, 0.3) is 0 Å². The minimum Gasteiger partial charge on any atom is -0.294 e. The summed E-state index contributed by atoms with van der Waals surface area (Å²) in [6.45, 7) is 2.27. The largest absolute Gasteiger partial charge is 0.294 e. The molecule has 1 aliphatic rings. The van der Waals surface area contributed by atoms with E-state index in [2.05, 4.69) is 18.1 Å². The Labute approximate surface area is 95.4 Å². The number of hydrogen-bond donors (Lipinski definition) is 0. The van der Waals surface area contributed by atoms with Gasteiger partial charge in [-0.2, -0.15) is 0 Å². The van der Waals surface area contributed by atoms with Gasteiger partial charge < -0.3 is 0 Å². The Bertz CT molecular complexity index is 157. The summed E-state index contributed by atoms with van der Waals surface area (Å²) in [5, 5.41) is 0. The van der Waals surface area contributed by atoms with Crippen LogP contribution in [-0.2, 0) is 0 Å². The molecule has 0 aromatic carbocycles. The Morgan fingerprint density at radius 2 is 1.73 bits per heavy atom. The standard InChI is InChI=1S/C14H27N/c1-2-3-4-5-6-10-13-15-14-11-8-7-9-12-14/h13-14H,2-12H2,1H3. The molecule has 0 aromatic rings. The zero-order chi connectivity index (χ0) is 10.8. The van der Waals surface area contributed by atoms with Gasteiger partial charge in [-0.1, -0.05) is 51.9 Å². The molecular formula is C14H27N. The Hall–Kier alpha value is -0.330. The highest BCUT2D eigenvalue weighted by Gasteiger charge is 2.10. The molecule has 0 aliphatic heterocycles. The first-order chi connectivity index (χ1) is 7.43. The molecule has 0 aromatic heterocycles. The monoisotopic (exact) mass is 209 g/mol. The summed E-state index contributed by atoms with van der Waals surface area (Å²) in [5.74, 6) is 0. The molecular weight excluding hydrogens is 182 g/mol. The maximum Gasteiger partial charge on any atom is 0.0495 e. The topological polar surface area (TPSA) is 12.4 Å². The molecule has 1 nitrogen and oxygen atoms in total. The van der Waals surface area contributed by atoms with E-state index in [1.807, 2.05) is 0 Å². The SMILES string of the molecule is CCCCCCCC=NC1CCCCC1. The van der Waals surface area contributed by atoms with Crippen LogP contribution in [0.1, 0.15) is 77.6 Å². The third-order valence-electron chi connectivity index (χ3n) is 3.33. The molecule has 0 atom stereocenters. The van der Waals surface area contributed by atoms with Crippen molar-refractivity contribution in [1.29, 1.82) is 0 Å². The van der Waals surface area contributed by atoms with Crippen molar-refractivity contribution in [2.45, 2.75) is 83.6 Å². The molecule has 0 saturated heterocycles. The molecule has 1 heteroatoms. The molecule has 0 N–H and O–H groups in total. The minimum absolute atomic E-state index is 0.675. The van der Waals surface area contributed by atoms with Gasteiger partial charge in [0.2, 0.25) is 0 Å². The lowest BCUT2D eigenvalue weighted by Gasteiger charge is -2.16. The fourth-order valence-corrected chi connectivity index (χ4v) is 2.29. The molecule has 1 aliphatic carbocycles. The van der Waals surface area contributed by atoms with E-state index >= 15 is 0 Å². The molecule has 0 radical (unpaired) electrons. The van der Waals surface area contributed by atoms with Gasteiger partial charge >= 0.3 is 0 Å². The van der Waals surface area contributed by atoms with Crippen molar-refractivity contribution in [3.05, 3.63) is 0 Å². The van der Waals surface area contributed by atoms with Gasteiger partial charge in [0, 0.05) is 6.04 Å². The van der Waals surface area contributed by atoms with Gasteiger partial charge in [-0.15, -0.1) is 0 Å². The predicted octanol–water partition coefficient (Wildman–Crippen LogP) is 4.75. The van der Waals surface area contributed by atoms with Crippen LogP contribution in [-0.4, -0.2) is 12.3 Å². The van der Waals surface area contributed by atoms with E-state index in [1.54, 1.807) is 0 Å². The van der Waals surface area contributed by atoms with Gasteiger partial charge in [0.25, 0.3) is 0 Å². The first-order valence-electron chi connectivity index (χ1n) is 6.95. The normalized spacial score (nSPS) is 18.7. The zero-order valence-corrected chi connectivity index (χ0v) is 10.4. The molecule has 1 rings (SSSR count). The Balaban J connectivity index is 1.91. The average molecular weight is 209 g/mol. The van der Waals surface area contributed by atoms with E-state index < -0.39 is 0 Å². The van der Waals surface area contributed by atoms with E-state index in [1.165, 1.54) is 70.6 Å². The molecule has 88 valence electrons. The third kappa shape index (κ3) is 6.70. The van der Waals surface area contributed by atoms with Crippen LogP contribution in [0, 0.1) is 0 Å². The first kappa shape index (κ1) is 12.7. The van der Waals surface area contributed by atoms with Crippen LogP contribution in [0.5, 0.6) is 0 Å². The van der Waals surface area contributed by atoms with Crippen molar-refractivity contribution in [2.75, 3.05) is 0 Å². The Kier molecular flexibility index (Phi) is 7.59. The summed E-state index contributed by atoms with van der Waals surface area (Å²) >= 11 is 0. The number of rotatable bonds is 7. The van der Waals surface area contributed by atoms with Crippen LogP contribution in [0.3, 0.4) is 0 Å². The molecule has 1 fully saturated rings. The van der Waals surface area contributed by atoms with E-state index in [0.29, 0.717) is 6.04 Å². The summed E-state index contributed by atoms with van der Waals surface area (Å²) in [6, 6.07) is 0.675. The van der Waals surface area contributed by atoms with Gasteiger partial charge in [-0.3, -0.25) is 4.99 Å². The van der Waals surface area contributed by atoms with Crippen LogP contribution in [0.4, 0.5) is 0 Å². The van der Waals surface area contributed by atoms with Crippen LogP contribution in [0.2, 0.25) is 0 Å². The third-order valence-corrected chi connectivity index (χ3v) is 3.33. The van der Waals surface area contributed by atoms with Crippen molar-refractivity contribution in [1.82, 2.24) is 0 Å². The highest BCUT2D eigenvalue weighted by atomic mass is 14.8. The summed E-state index contributed by atoms with van der Waals surface area (Å²) in [4.78, 5) is 4.68. The second-order valence-corrected chi connectivity index (χ2v) is 4.83. The van der Waals surface area contributed by atoms with Crippen LogP contribution < -0.4 is 0 Å². The predicted molar refractivity (Wildman–Crippen MR) is 68.7 cm³/mol. The fraction of sp³-hybridized carbons (Fsp3) is 0.929. The lowest BCUT2D eigenvalue weighted by molar-refractivity contribution is 0.443. The van der Waals surface area contributed by atoms with Crippen LogP contribution >= 0.6 is 0 Å². The summed E-state index contributed by atoms with van der Waals surface area (Å²) < 4.78 is 0. The van der Waals surface area contributed by atoms with Gasteiger partial charge in [0.15, 0.2) is 0 Å². The molecule has 0 unspecified atom stereocenters. The first-order valence-corrected chi connectivity index (χ1v) is 6.95. The summed E-state index contributed by atoms with van der Waals surface area (Å²) in [5.41, 5.74) is 0. The molecule has 0 bridgehead atoms. The van der Waals surface area contributed by atoms with Gasteiger partial charge in [-0.25, -0.2) is 0 Å². The van der Waals surface area contributed by atoms with Gasteiger partial charge in [-0.05, 0) is 31.9 Å². The van der Waals surface area contributed by atoms with E-state index in [9.17, 15) is 0 Å². The second kappa shape index (κ2) is 8.94. The maximum atomic E-state index is 4.68. The van der Waals surface area contributed by atoms with Crippen molar-refractivity contribution in [2.24, 2.45) is 4.99 Å². The van der Waals surface area contributed by atoms with E-state index in [0.717, 1.165) is 0 Å². The highest BCUT2D eigenvalue weighted by Crippen LogP contribution is 2.19. The number of nitrogens with zero attached hydrogens (tertiary/aromatic N) is 1. The van der Waals surface area contributed by atoms with E-state index in [-0.39, 0.29) is 0 Å². The van der Waals surface area contributed by atoms with Gasteiger partial charge in [0.05, 0.1) is 0 Å². The second-order valence-electron chi connectivity index (χ2n) is 4.83. The van der Waals surface area contributed by atoms with E-state index in [4.69, 9.17) is 0 Å². The summed E-state index contributed by atoms with van der Waals surface area (Å²) in [7, 11) is 0. The molecule has 15 heavy (non-hydrogen) atoms. The van der Waals surface area contributed by atoms with Gasteiger partial charge in [0.1, 0.15) is 0 Å². The van der Waals surface area contributed by atoms with Crippen molar-refractivity contribution < 1.29 is 0 Å². The number of unbranched alkanes of at least 4 members (excludes halogenated alkanes) is 5. The quantitative estimate of drug-likeness (QED) is 0.424. The number of aliphatic imine (C=N–C) groups is 1. The highest BCUT2D eigenvalue weighted by molar-refractivity contribution is 5.57. The maximum absolute atomic E-state index is 4.68. The average Bonchev–Trinajstić information content (AvgIpc) is 2.29. The molecule has 0 spiro atoms. The summed E-state index contributed by atoms with van der Waals surface area (Å²) in [6.07, 6.45) is 17.2. The van der Waals surface area contributed by atoms with Crippen molar-refractivity contribution in [3.63, 3.8) is 0 Å². The zero-order valence-electron chi connectivity index (χ0n) is 10.4. The lowest BCUT2D eigenvalue weighted by atomic mass is 9.96. The minimum atomic E-state index is 0.675. The molecule has 1 saturated carbocycles. The van der Waals surface area contributed by atoms with Crippen molar-refractivity contribution in [3.8, 4) is 0 Å². The van der Waals surface area contributed by atoms with Crippen molar-refractivity contribution >= 4 is 6.21 Å². The van der Waals surface area contributed by atoms with Crippen LogP contribution in [0.15, 0.2) is 4.99 Å². The lowest BCUT2D eigenvalue weighted by Crippen LogP contribution is -2.09.